The second-order valence-electron chi connectivity index (χ2n) is 1.75. The van der Waals surface area contributed by atoms with Gasteiger partial charge in [0, 0.05) is 0 Å². The van der Waals surface area contributed by atoms with Gasteiger partial charge < -0.3 is 5.73 Å². The summed E-state index contributed by atoms with van der Waals surface area (Å²) in [6.45, 7) is 0. The summed E-state index contributed by atoms with van der Waals surface area (Å²) in [7, 11) is 0. The molecule has 0 spiro atoms. The van der Waals surface area contributed by atoms with E-state index in [-0.39, 0.29) is 0 Å². The molecule has 0 aliphatic rings. The molecule has 0 atom stereocenters. The zero-order chi connectivity index (χ0) is 10.8. The number of carbonyl (C=O) groups excluding carboxylic acids is 1. The molecular weight excluding hydrogens is 198 g/mol. The van der Waals surface area contributed by atoms with E-state index in [1.54, 1.807) is 0 Å². The van der Waals surface area contributed by atoms with E-state index in [9.17, 15) is 34.0 Å². The molecule has 2 N–H and O–H groups in total. The summed E-state index contributed by atoms with van der Waals surface area (Å²) in [5.74, 6) is -6.80. The Balaban J connectivity index is 5.46. The number of halogens is 2. The highest BCUT2D eigenvalue weighted by molar-refractivity contribution is 5.80. The van der Waals surface area contributed by atoms with Crippen molar-refractivity contribution < 1.29 is 23.6 Å². The van der Waals surface area contributed by atoms with Crippen molar-refractivity contribution in [3.05, 3.63) is 20.2 Å². The number of amides is 1. The van der Waals surface area contributed by atoms with E-state index in [0.29, 0.717) is 0 Å². The van der Waals surface area contributed by atoms with E-state index in [0.717, 1.165) is 0 Å². The van der Waals surface area contributed by atoms with Gasteiger partial charge in [-0.15, -0.1) is 0 Å². The minimum Gasteiger partial charge on any atom is -0.355 e. The maximum atomic E-state index is 11.8. The summed E-state index contributed by atoms with van der Waals surface area (Å²) in [6, 6.07) is 0. The van der Waals surface area contributed by atoms with Crippen LogP contribution in [0.15, 0.2) is 0 Å². The lowest BCUT2D eigenvalue weighted by molar-refractivity contribution is -0.826. The van der Waals surface area contributed by atoms with Crippen LogP contribution in [-0.2, 0) is 4.79 Å². The molecule has 0 rings (SSSR count). The Hall–Kier alpha value is -1.91. The Morgan fingerprint density at radius 2 is 1.62 bits per heavy atom. The second kappa shape index (κ2) is 3.22. The Morgan fingerprint density at radius 1 is 1.31 bits per heavy atom. The zero-order valence-electron chi connectivity index (χ0n) is 5.72. The van der Waals surface area contributed by atoms with Gasteiger partial charge in [0.2, 0.25) is 0 Å². The average Bonchev–Trinajstić information content (AvgIpc) is 1.82. The van der Waals surface area contributed by atoms with Gasteiger partial charge in [0.15, 0.2) is 5.34 Å². The van der Waals surface area contributed by atoms with Crippen molar-refractivity contribution in [2.24, 2.45) is 5.73 Å². The van der Waals surface area contributed by atoms with Crippen LogP contribution in [0.4, 0.5) is 8.96 Å². The first-order valence-corrected chi connectivity index (χ1v) is 2.48. The molecule has 0 saturated carbocycles. The van der Waals surface area contributed by atoms with Crippen molar-refractivity contribution in [2.75, 3.05) is 0 Å². The summed E-state index contributed by atoms with van der Waals surface area (Å²) >= 11 is 0. The number of hydrogen-bond acceptors (Lipinski definition) is 6. The van der Waals surface area contributed by atoms with Gasteiger partial charge >= 0.3 is 11.7 Å². The standard InChI is InChI=1S/C2H2F2N4O5/c3-6(4)2(1(5)9,7(10)11)8(12)13/h(H2,5,9). The molecule has 0 aliphatic heterocycles. The van der Waals surface area contributed by atoms with Crippen molar-refractivity contribution in [2.45, 2.75) is 5.79 Å². The van der Waals surface area contributed by atoms with Crippen LogP contribution in [0, 0.1) is 20.2 Å². The third kappa shape index (κ3) is 1.35. The monoisotopic (exact) mass is 200 g/mol. The van der Waals surface area contributed by atoms with E-state index in [2.05, 4.69) is 5.73 Å². The van der Waals surface area contributed by atoms with Gasteiger partial charge in [-0.2, -0.15) is 0 Å². The van der Waals surface area contributed by atoms with E-state index in [1.807, 2.05) is 0 Å². The molecule has 1 amide bonds. The largest absolute Gasteiger partial charge is 0.654 e. The topological polar surface area (TPSA) is 133 Å². The predicted molar refractivity (Wildman–Crippen MR) is 30.0 cm³/mol. The Kier molecular flexibility index (Phi) is 2.75. The number of primary amides is 1. The number of nitro groups is 2. The SMILES string of the molecule is NC(=O)C(N(F)F)([N+](=O)[O-])[N+](=O)[O-]. The van der Waals surface area contributed by atoms with Crippen LogP contribution in [-0.4, -0.2) is 26.9 Å². The fraction of sp³-hybridized carbons (Fsp3) is 0.500. The van der Waals surface area contributed by atoms with Crippen LogP contribution in [0.2, 0.25) is 0 Å². The smallest absolute Gasteiger partial charge is 0.355 e. The van der Waals surface area contributed by atoms with Crippen LogP contribution in [0.25, 0.3) is 0 Å². The van der Waals surface area contributed by atoms with Gasteiger partial charge in [0.1, 0.15) is 9.85 Å². The maximum absolute atomic E-state index is 11.8. The number of rotatable bonds is 4. The quantitative estimate of drug-likeness (QED) is 0.261. The molecule has 13 heavy (non-hydrogen) atoms. The normalized spacial score (nSPS) is 11.3. The fourth-order valence-electron chi connectivity index (χ4n) is 0.453. The lowest BCUT2D eigenvalue weighted by Crippen LogP contribution is -2.63. The first-order valence-electron chi connectivity index (χ1n) is 2.48. The molecule has 11 heteroatoms. The maximum Gasteiger partial charge on any atom is 0.654 e. The van der Waals surface area contributed by atoms with Crippen LogP contribution in [0.5, 0.6) is 0 Å². The minimum atomic E-state index is -4.42. The molecule has 0 radical (unpaired) electrons. The molecule has 0 heterocycles. The molecule has 0 bridgehead atoms. The van der Waals surface area contributed by atoms with Gasteiger partial charge in [0.25, 0.3) is 0 Å². The summed E-state index contributed by atoms with van der Waals surface area (Å²) < 4.78 is 23.5. The highest BCUT2D eigenvalue weighted by atomic mass is 19.4. The van der Waals surface area contributed by atoms with Crippen LogP contribution in [0.1, 0.15) is 0 Å². The molecule has 0 aromatic rings. The van der Waals surface area contributed by atoms with Crippen molar-refractivity contribution in [3.63, 3.8) is 0 Å². The van der Waals surface area contributed by atoms with Crippen LogP contribution in [0.3, 0.4) is 0 Å². The Morgan fingerprint density at radius 3 is 1.62 bits per heavy atom. The van der Waals surface area contributed by atoms with Crippen molar-refractivity contribution in [3.8, 4) is 0 Å². The van der Waals surface area contributed by atoms with Gasteiger partial charge in [-0.3, -0.25) is 25.0 Å². The Bertz CT molecular complexity index is 229. The lowest BCUT2D eigenvalue weighted by Gasteiger charge is -2.11. The molecule has 0 saturated heterocycles. The second-order valence-corrected chi connectivity index (χ2v) is 1.75. The molecule has 0 aliphatic carbocycles. The van der Waals surface area contributed by atoms with Crippen LogP contribution >= 0.6 is 0 Å². The van der Waals surface area contributed by atoms with Crippen molar-refractivity contribution in [1.29, 1.82) is 0 Å². The number of nitrogens with two attached hydrogens (primary N) is 1. The van der Waals surface area contributed by atoms with Gasteiger partial charge in [-0.05, 0) is 0 Å². The molecule has 0 aromatic carbocycles. The summed E-state index contributed by atoms with van der Waals surface area (Å²) in [6.07, 6.45) is 0. The van der Waals surface area contributed by atoms with E-state index < -0.39 is 26.9 Å². The zero-order valence-corrected chi connectivity index (χ0v) is 5.72. The molecule has 9 nitrogen and oxygen atoms in total. The van der Waals surface area contributed by atoms with E-state index in [1.165, 1.54) is 0 Å². The number of carbonyl (C=O) groups is 1. The molecular formula is C2H2F2N4O5. The minimum absolute atomic E-state index is 2.09. The fourth-order valence-corrected chi connectivity index (χ4v) is 0.453. The highest BCUT2D eigenvalue weighted by Gasteiger charge is 2.72. The third-order valence-electron chi connectivity index (χ3n) is 1.08. The predicted octanol–water partition coefficient (Wildman–Crippen LogP) is -1.25. The summed E-state index contributed by atoms with van der Waals surface area (Å²) in [5, 5.41) is 17.3. The Labute approximate surface area is 67.9 Å². The average molecular weight is 200 g/mol. The van der Waals surface area contributed by atoms with Crippen LogP contribution < -0.4 is 5.73 Å². The van der Waals surface area contributed by atoms with Gasteiger partial charge in [0.05, 0.1) is 0 Å². The number of hydrogen-bond donors (Lipinski definition) is 1. The molecule has 0 fully saturated rings. The summed E-state index contributed by atoms with van der Waals surface area (Å²) in [5.41, 5.74) is 4.13. The molecule has 0 unspecified atom stereocenters. The highest BCUT2D eigenvalue weighted by Crippen LogP contribution is 2.17. The van der Waals surface area contributed by atoms with E-state index >= 15 is 0 Å². The van der Waals surface area contributed by atoms with Gasteiger partial charge in [-0.25, -0.2) is 0 Å². The molecule has 0 aromatic heterocycles. The first kappa shape index (κ1) is 11.1. The van der Waals surface area contributed by atoms with Crippen molar-refractivity contribution >= 4 is 5.91 Å². The van der Waals surface area contributed by atoms with Crippen molar-refractivity contribution in [1.82, 2.24) is 5.34 Å². The van der Waals surface area contributed by atoms with E-state index in [4.69, 9.17) is 0 Å². The lowest BCUT2D eigenvalue weighted by atomic mass is 10.4. The number of nitrogens with zero attached hydrogens (tertiary/aromatic N) is 3. The third-order valence-corrected chi connectivity index (χ3v) is 1.08. The summed E-state index contributed by atoms with van der Waals surface area (Å²) in [4.78, 5) is 25.8. The first-order chi connectivity index (χ1) is 5.77. The molecule has 74 valence electrons. The van der Waals surface area contributed by atoms with Gasteiger partial charge in [-0.1, -0.05) is 8.96 Å².